The van der Waals surface area contributed by atoms with Crippen LogP contribution in [0.25, 0.3) is 0 Å². The SMILES string of the molecule is CN(C)C(=O)CC1OCCc2ccccc21. The fraction of sp³-hybridized carbons (Fsp3) is 0.462. The molecule has 1 aliphatic rings. The third-order valence-electron chi connectivity index (χ3n) is 2.95. The number of benzene rings is 1. The zero-order chi connectivity index (χ0) is 11.5. The smallest absolute Gasteiger partial charge is 0.225 e. The Morgan fingerprint density at radius 1 is 1.44 bits per heavy atom. The molecule has 1 unspecified atom stereocenters. The number of hydrogen-bond donors (Lipinski definition) is 0. The highest BCUT2D eigenvalue weighted by Crippen LogP contribution is 2.29. The summed E-state index contributed by atoms with van der Waals surface area (Å²) < 4.78 is 5.68. The molecule has 1 aliphatic heterocycles. The third-order valence-corrected chi connectivity index (χ3v) is 2.95. The lowest BCUT2D eigenvalue weighted by atomic mass is 9.95. The largest absolute Gasteiger partial charge is 0.373 e. The molecule has 1 aromatic carbocycles. The summed E-state index contributed by atoms with van der Waals surface area (Å²) in [5.74, 6) is 0.113. The molecule has 0 aromatic heterocycles. The van der Waals surface area contributed by atoms with E-state index >= 15 is 0 Å². The van der Waals surface area contributed by atoms with Crippen LogP contribution in [0.1, 0.15) is 23.7 Å². The van der Waals surface area contributed by atoms with Crippen molar-refractivity contribution in [3.8, 4) is 0 Å². The number of ether oxygens (including phenoxy) is 1. The third kappa shape index (κ3) is 2.25. The Morgan fingerprint density at radius 3 is 2.94 bits per heavy atom. The van der Waals surface area contributed by atoms with Gasteiger partial charge in [0.25, 0.3) is 0 Å². The van der Waals surface area contributed by atoms with Crippen molar-refractivity contribution in [1.82, 2.24) is 4.90 Å². The summed E-state index contributed by atoms with van der Waals surface area (Å²) in [6.07, 6.45) is 1.31. The zero-order valence-electron chi connectivity index (χ0n) is 9.77. The van der Waals surface area contributed by atoms with Gasteiger partial charge in [0, 0.05) is 14.1 Å². The molecule has 0 saturated heterocycles. The molecule has 0 saturated carbocycles. The number of nitrogens with zero attached hydrogens (tertiary/aromatic N) is 1. The first kappa shape index (κ1) is 11.1. The first-order valence-corrected chi connectivity index (χ1v) is 5.58. The fourth-order valence-electron chi connectivity index (χ4n) is 1.99. The van der Waals surface area contributed by atoms with Gasteiger partial charge in [-0.1, -0.05) is 24.3 Å². The minimum Gasteiger partial charge on any atom is -0.373 e. The summed E-state index contributed by atoms with van der Waals surface area (Å²) in [7, 11) is 3.55. The molecule has 16 heavy (non-hydrogen) atoms. The Morgan fingerprint density at radius 2 is 2.19 bits per heavy atom. The molecule has 3 heteroatoms. The molecular formula is C13H17NO2. The van der Waals surface area contributed by atoms with Gasteiger partial charge in [0.1, 0.15) is 0 Å². The molecule has 0 fully saturated rings. The van der Waals surface area contributed by atoms with Crippen LogP contribution in [0.3, 0.4) is 0 Å². The lowest BCUT2D eigenvalue weighted by Gasteiger charge is -2.26. The number of fused-ring (bicyclic) bond motifs is 1. The van der Waals surface area contributed by atoms with E-state index in [1.54, 1.807) is 19.0 Å². The van der Waals surface area contributed by atoms with Crippen molar-refractivity contribution in [3.05, 3.63) is 35.4 Å². The van der Waals surface area contributed by atoms with Crippen molar-refractivity contribution < 1.29 is 9.53 Å². The Balaban J connectivity index is 2.16. The maximum atomic E-state index is 11.7. The summed E-state index contributed by atoms with van der Waals surface area (Å²) in [4.78, 5) is 13.3. The van der Waals surface area contributed by atoms with Crippen LogP contribution >= 0.6 is 0 Å². The van der Waals surface area contributed by atoms with E-state index in [9.17, 15) is 4.79 Å². The van der Waals surface area contributed by atoms with Gasteiger partial charge < -0.3 is 9.64 Å². The molecule has 0 spiro atoms. The Kier molecular flexibility index (Phi) is 3.25. The van der Waals surface area contributed by atoms with Gasteiger partial charge in [-0.3, -0.25) is 4.79 Å². The summed E-state index contributed by atoms with van der Waals surface area (Å²) in [6, 6.07) is 8.21. The minimum absolute atomic E-state index is 0.0696. The van der Waals surface area contributed by atoms with E-state index in [0.29, 0.717) is 13.0 Å². The maximum Gasteiger partial charge on any atom is 0.225 e. The summed E-state index contributed by atoms with van der Waals surface area (Å²) in [5.41, 5.74) is 2.48. The Labute approximate surface area is 96.0 Å². The second-order valence-corrected chi connectivity index (χ2v) is 4.30. The highest BCUT2D eigenvalue weighted by Gasteiger charge is 2.23. The molecule has 86 valence electrons. The van der Waals surface area contributed by atoms with Gasteiger partial charge in [0.15, 0.2) is 0 Å². The second kappa shape index (κ2) is 4.66. The number of carbonyl (C=O) groups excluding carboxylic acids is 1. The van der Waals surface area contributed by atoms with E-state index in [-0.39, 0.29) is 12.0 Å². The topological polar surface area (TPSA) is 29.5 Å². The lowest BCUT2D eigenvalue weighted by Crippen LogP contribution is -2.26. The van der Waals surface area contributed by atoms with Crippen LogP contribution in [-0.2, 0) is 16.0 Å². The van der Waals surface area contributed by atoms with Crippen molar-refractivity contribution in [1.29, 1.82) is 0 Å². The number of amides is 1. The first-order valence-electron chi connectivity index (χ1n) is 5.58. The predicted octanol–water partition coefficient (Wildman–Crippen LogP) is 1.78. The van der Waals surface area contributed by atoms with Gasteiger partial charge in [-0.25, -0.2) is 0 Å². The van der Waals surface area contributed by atoms with Crippen LogP contribution in [0.4, 0.5) is 0 Å². The Hall–Kier alpha value is -1.35. The number of rotatable bonds is 2. The van der Waals surface area contributed by atoms with Gasteiger partial charge in [-0.15, -0.1) is 0 Å². The van der Waals surface area contributed by atoms with E-state index in [0.717, 1.165) is 6.42 Å². The predicted molar refractivity (Wildman–Crippen MR) is 62.2 cm³/mol. The van der Waals surface area contributed by atoms with Crippen molar-refractivity contribution in [2.45, 2.75) is 18.9 Å². The monoisotopic (exact) mass is 219 g/mol. The quantitative estimate of drug-likeness (QED) is 0.758. The fourth-order valence-corrected chi connectivity index (χ4v) is 1.99. The Bertz CT molecular complexity index is 387. The van der Waals surface area contributed by atoms with Crippen molar-refractivity contribution in [3.63, 3.8) is 0 Å². The van der Waals surface area contributed by atoms with Crippen LogP contribution in [-0.4, -0.2) is 31.5 Å². The van der Waals surface area contributed by atoms with E-state index in [2.05, 4.69) is 12.1 Å². The molecule has 1 amide bonds. The maximum absolute atomic E-state index is 11.7. The average Bonchev–Trinajstić information content (AvgIpc) is 2.29. The first-order chi connectivity index (χ1) is 7.68. The van der Waals surface area contributed by atoms with Crippen LogP contribution in [0, 0.1) is 0 Å². The second-order valence-electron chi connectivity index (χ2n) is 4.30. The average molecular weight is 219 g/mol. The normalized spacial score (nSPS) is 19.0. The molecular weight excluding hydrogens is 202 g/mol. The van der Waals surface area contributed by atoms with Gasteiger partial charge in [-0.2, -0.15) is 0 Å². The zero-order valence-corrected chi connectivity index (χ0v) is 9.77. The van der Waals surface area contributed by atoms with E-state index in [1.807, 2.05) is 12.1 Å². The highest BCUT2D eigenvalue weighted by atomic mass is 16.5. The highest BCUT2D eigenvalue weighted by molar-refractivity contribution is 5.76. The van der Waals surface area contributed by atoms with E-state index in [1.165, 1.54) is 11.1 Å². The molecule has 1 atom stereocenters. The molecule has 3 nitrogen and oxygen atoms in total. The summed E-state index contributed by atoms with van der Waals surface area (Å²) >= 11 is 0. The van der Waals surface area contributed by atoms with Crippen LogP contribution in [0.5, 0.6) is 0 Å². The van der Waals surface area contributed by atoms with Gasteiger partial charge in [-0.05, 0) is 17.5 Å². The van der Waals surface area contributed by atoms with Gasteiger partial charge >= 0.3 is 0 Å². The minimum atomic E-state index is -0.0696. The van der Waals surface area contributed by atoms with Crippen LogP contribution in [0.2, 0.25) is 0 Å². The lowest BCUT2D eigenvalue weighted by molar-refractivity contribution is -0.132. The van der Waals surface area contributed by atoms with Crippen molar-refractivity contribution >= 4 is 5.91 Å². The molecule has 0 aliphatic carbocycles. The van der Waals surface area contributed by atoms with Gasteiger partial charge in [0.05, 0.1) is 19.1 Å². The summed E-state index contributed by atoms with van der Waals surface area (Å²) in [6.45, 7) is 0.711. The number of carbonyl (C=O) groups is 1. The van der Waals surface area contributed by atoms with Crippen LogP contribution in [0.15, 0.2) is 24.3 Å². The number of hydrogen-bond acceptors (Lipinski definition) is 2. The van der Waals surface area contributed by atoms with Crippen LogP contribution < -0.4 is 0 Å². The van der Waals surface area contributed by atoms with Crippen molar-refractivity contribution in [2.75, 3.05) is 20.7 Å². The van der Waals surface area contributed by atoms with E-state index in [4.69, 9.17) is 4.74 Å². The van der Waals surface area contributed by atoms with Crippen molar-refractivity contribution in [2.24, 2.45) is 0 Å². The summed E-state index contributed by atoms with van der Waals surface area (Å²) in [5, 5.41) is 0. The molecule has 1 aromatic rings. The van der Waals surface area contributed by atoms with E-state index < -0.39 is 0 Å². The molecule has 0 N–H and O–H groups in total. The molecule has 0 radical (unpaired) electrons. The molecule has 1 heterocycles. The molecule has 0 bridgehead atoms. The molecule has 2 rings (SSSR count). The standard InChI is InChI=1S/C13H17NO2/c1-14(2)13(15)9-12-11-6-4-3-5-10(11)7-8-16-12/h3-6,12H,7-9H2,1-2H3. The van der Waals surface area contributed by atoms with Gasteiger partial charge in [0.2, 0.25) is 5.91 Å².